The molecular weight excluding hydrogens is 274 g/mol. The van der Waals surface area contributed by atoms with Crippen LogP contribution in [-0.4, -0.2) is 21.9 Å². The number of hydrogen-bond acceptors (Lipinski definition) is 2. The van der Waals surface area contributed by atoms with Crippen molar-refractivity contribution in [3.63, 3.8) is 0 Å². The summed E-state index contributed by atoms with van der Waals surface area (Å²) in [7, 11) is 0. The third-order valence-corrected chi connectivity index (χ3v) is 3.32. The molecule has 0 aliphatic rings. The maximum absolute atomic E-state index is 5.69. The lowest BCUT2D eigenvalue weighted by Crippen LogP contribution is -2.40. The van der Waals surface area contributed by atoms with Gasteiger partial charge in [0, 0.05) is 18.0 Å². The Morgan fingerprint density at radius 3 is 2.77 bits per heavy atom. The zero-order chi connectivity index (χ0) is 15.4. The summed E-state index contributed by atoms with van der Waals surface area (Å²) in [6, 6.07) is 14.2. The zero-order valence-corrected chi connectivity index (χ0v) is 12.4. The Morgan fingerprint density at radius 1 is 1.23 bits per heavy atom. The van der Waals surface area contributed by atoms with Crippen molar-refractivity contribution in [1.29, 1.82) is 0 Å². The lowest BCUT2D eigenvalue weighted by atomic mass is 10.1. The third-order valence-electron chi connectivity index (χ3n) is 3.32. The maximum Gasteiger partial charge on any atom is 0.359 e. The van der Waals surface area contributed by atoms with Crippen LogP contribution < -0.4 is 5.41 Å². The lowest BCUT2D eigenvalue weighted by Gasteiger charge is -1.98. The van der Waals surface area contributed by atoms with Gasteiger partial charge < -0.3 is 9.14 Å². The first-order valence-corrected chi connectivity index (χ1v) is 7.24. The second-order valence-corrected chi connectivity index (χ2v) is 4.88. The second kappa shape index (κ2) is 6.26. The van der Waals surface area contributed by atoms with Crippen LogP contribution in [0.15, 0.2) is 60.9 Å². The number of pyridine rings is 1. The Hall–Kier alpha value is -2.88. The first-order valence-electron chi connectivity index (χ1n) is 7.24. The Kier molecular flexibility index (Phi) is 4.01. The number of rotatable bonds is 4. The molecule has 22 heavy (non-hydrogen) atoms. The van der Waals surface area contributed by atoms with E-state index in [1.165, 1.54) is 0 Å². The molecule has 0 saturated carbocycles. The van der Waals surface area contributed by atoms with Crippen LogP contribution in [0.2, 0.25) is 0 Å². The Bertz CT molecular complexity index is 783. The van der Waals surface area contributed by atoms with Crippen molar-refractivity contribution in [1.82, 2.24) is 9.38 Å². The van der Waals surface area contributed by atoms with Gasteiger partial charge >= 0.3 is 5.90 Å². The molecular formula is C18H18N3O+. The van der Waals surface area contributed by atoms with E-state index < -0.39 is 0 Å². The number of benzene rings is 1. The fraction of sp³-hybridized carbons (Fsp3) is 0.111. The summed E-state index contributed by atoms with van der Waals surface area (Å²) in [5, 5.41) is 5.69. The van der Waals surface area contributed by atoms with Gasteiger partial charge in [-0.3, -0.25) is 0 Å². The predicted octanol–water partition coefficient (Wildman–Crippen LogP) is 2.21. The van der Waals surface area contributed by atoms with Gasteiger partial charge in [-0.25, -0.2) is 10.4 Å². The van der Waals surface area contributed by atoms with Gasteiger partial charge in [0.2, 0.25) is 0 Å². The number of fused-ring (bicyclic) bond motifs is 1. The van der Waals surface area contributed by atoms with Gasteiger partial charge in [0.25, 0.3) is 0 Å². The van der Waals surface area contributed by atoms with Gasteiger partial charge in [-0.15, -0.1) is 0 Å². The summed E-state index contributed by atoms with van der Waals surface area (Å²) in [6.45, 7) is 2.48. The van der Waals surface area contributed by atoms with Crippen molar-refractivity contribution < 1.29 is 10.1 Å². The molecule has 3 aromatic rings. The molecule has 0 radical (unpaired) electrons. The highest BCUT2D eigenvalue weighted by atomic mass is 16.5. The van der Waals surface area contributed by atoms with E-state index in [1.54, 1.807) is 6.08 Å². The quantitative estimate of drug-likeness (QED) is 0.592. The van der Waals surface area contributed by atoms with Crippen LogP contribution in [0.5, 0.6) is 0 Å². The Labute approximate surface area is 129 Å². The van der Waals surface area contributed by atoms with Crippen molar-refractivity contribution in [2.75, 3.05) is 6.61 Å². The van der Waals surface area contributed by atoms with Gasteiger partial charge in [0.15, 0.2) is 0 Å². The zero-order valence-electron chi connectivity index (χ0n) is 12.4. The fourth-order valence-electron chi connectivity index (χ4n) is 2.23. The summed E-state index contributed by atoms with van der Waals surface area (Å²) in [6.07, 6.45) is 7.72. The van der Waals surface area contributed by atoms with Crippen LogP contribution >= 0.6 is 0 Å². The highest BCUT2D eigenvalue weighted by Gasteiger charge is 2.03. The first-order chi connectivity index (χ1) is 10.8. The number of ether oxygens (including phenoxy) is 1. The molecule has 0 atom stereocenters. The van der Waals surface area contributed by atoms with Gasteiger partial charge in [-0.1, -0.05) is 30.3 Å². The molecule has 3 rings (SSSR count). The smallest absolute Gasteiger partial charge is 0.359 e. The van der Waals surface area contributed by atoms with E-state index >= 15 is 0 Å². The molecule has 4 heteroatoms. The summed E-state index contributed by atoms with van der Waals surface area (Å²) in [5.74, 6) is 0.423. The summed E-state index contributed by atoms with van der Waals surface area (Å²) < 4.78 is 7.20. The minimum Gasteiger partial charge on any atom is -0.445 e. The molecule has 2 N–H and O–H groups in total. The summed E-state index contributed by atoms with van der Waals surface area (Å²) in [5.41, 5.74) is 4.06. The van der Waals surface area contributed by atoms with E-state index in [-0.39, 0.29) is 0 Å². The van der Waals surface area contributed by atoms with Gasteiger partial charge in [0.1, 0.15) is 5.65 Å². The number of nitrogens with two attached hydrogens (primary N) is 1. The molecule has 0 aliphatic heterocycles. The average molecular weight is 292 g/mol. The number of hydrogen-bond donors (Lipinski definition) is 1. The molecule has 4 nitrogen and oxygen atoms in total. The Morgan fingerprint density at radius 2 is 2.05 bits per heavy atom. The van der Waals surface area contributed by atoms with Crippen molar-refractivity contribution in [2.24, 2.45) is 0 Å². The van der Waals surface area contributed by atoms with Crippen molar-refractivity contribution in [3.8, 4) is 11.3 Å². The van der Waals surface area contributed by atoms with Gasteiger partial charge in [-0.05, 0) is 30.7 Å². The van der Waals surface area contributed by atoms with E-state index in [4.69, 9.17) is 10.1 Å². The van der Waals surface area contributed by atoms with Crippen LogP contribution in [0.3, 0.4) is 0 Å². The third kappa shape index (κ3) is 3.06. The van der Waals surface area contributed by atoms with Crippen LogP contribution in [0, 0.1) is 0 Å². The molecule has 2 aromatic heterocycles. The normalized spacial score (nSPS) is 11.1. The number of aromatic nitrogens is 2. The molecule has 0 saturated heterocycles. The second-order valence-electron chi connectivity index (χ2n) is 4.88. The van der Waals surface area contributed by atoms with Crippen molar-refractivity contribution >= 4 is 17.6 Å². The predicted molar refractivity (Wildman–Crippen MR) is 88.2 cm³/mol. The summed E-state index contributed by atoms with van der Waals surface area (Å²) in [4.78, 5) is 4.61. The average Bonchev–Trinajstić information content (AvgIpc) is 2.98. The first kappa shape index (κ1) is 14.1. The fourth-order valence-corrected chi connectivity index (χ4v) is 2.23. The maximum atomic E-state index is 5.69. The molecule has 0 amide bonds. The summed E-state index contributed by atoms with van der Waals surface area (Å²) >= 11 is 0. The Balaban J connectivity index is 1.80. The van der Waals surface area contributed by atoms with E-state index in [2.05, 4.69) is 17.1 Å². The highest BCUT2D eigenvalue weighted by Crippen LogP contribution is 2.20. The van der Waals surface area contributed by atoms with Crippen LogP contribution in [-0.2, 0) is 4.74 Å². The topological polar surface area (TPSA) is 52.1 Å². The lowest BCUT2D eigenvalue weighted by molar-refractivity contribution is -0.137. The molecule has 2 heterocycles. The van der Waals surface area contributed by atoms with E-state index in [9.17, 15) is 0 Å². The van der Waals surface area contributed by atoms with E-state index in [1.807, 2.05) is 60.1 Å². The van der Waals surface area contributed by atoms with Crippen LogP contribution in [0.25, 0.3) is 23.0 Å². The minimum atomic E-state index is 0.423. The molecule has 0 bridgehead atoms. The molecule has 110 valence electrons. The van der Waals surface area contributed by atoms with Crippen LogP contribution in [0.1, 0.15) is 12.5 Å². The van der Waals surface area contributed by atoms with Crippen molar-refractivity contribution in [3.05, 3.63) is 66.5 Å². The number of nitrogens with zero attached hydrogens (tertiary/aromatic N) is 2. The molecule has 0 fully saturated rings. The van der Waals surface area contributed by atoms with Gasteiger partial charge in [0.05, 0.1) is 18.4 Å². The monoisotopic (exact) mass is 292 g/mol. The van der Waals surface area contributed by atoms with Gasteiger partial charge in [-0.2, -0.15) is 0 Å². The molecule has 1 aromatic carbocycles. The molecule has 0 aliphatic carbocycles. The number of imidazole rings is 1. The molecule has 0 unspecified atom stereocenters. The van der Waals surface area contributed by atoms with Crippen LogP contribution in [0.4, 0.5) is 0 Å². The SMILES string of the molecule is CCOC(=[NH2+])/C=C/c1ccc(-c2cn3ccccc3n2)cc1. The standard InChI is InChI=1S/C18H17N3O/c1-2-22-17(19)11-8-14-6-9-15(10-7-14)16-13-21-12-4-3-5-18(21)20-16/h3-13,19H,2H2,1H3/p+1/b11-8+,19-17?. The highest BCUT2D eigenvalue weighted by molar-refractivity contribution is 5.87. The van der Waals surface area contributed by atoms with E-state index in [0.717, 1.165) is 22.5 Å². The van der Waals surface area contributed by atoms with E-state index in [0.29, 0.717) is 12.5 Å². The molecule has 0 spiro atoms. The minimum absolute atomic E-state index is 0.423. The largest absolute Gasteiger partial charge is 0.445 e. The van der Waals surface area contributed by atoms with Crippen molar-refractivity contribution in [2.45, 2.75) is 6.92 Å².